The predicted octanol–water partition coefficient (Wildman–Crippen LogP) is 2.33. The van der Waals surface area contributed by atoms with Crippen LogP contribution in [0.25, 0.3) is 0 Å². The molecule has 7 heteroatoms. The zero-order chi connectivity index (χ0) is 18.1. The Balaban J connectivity index is 0.00000338. The number of benzene rings is 1. The molecular weight excluding hydrogens is 445 g/mol. The number of para-hydroxylation sites is 1. The molecule has 148 valence electrons. The molecule has 2 rings (SSSR count). The van der Waals surface area contributed by atoms with Gasteiger partial charge in [0.1, 0.15) is 11.9 Å². The Labute approximate surface area is 173 Å². The minimum absolute atomic E-state index is 0. The molecule has 0 aromatic heterocycles. The van der Waals surface area contributed by atoms with E-state index in [1.54, 1.807) is 7.05 Å². The van der Waals surface area contributed by atoms with E-state index >= 15 is 0 Å². The summed E-state index contributed by atoms with van der Waals surface area (Å²) >= 11 is 0. The number of aryl methyl sites for hydroxylation is 1. The molecule has 26 heavy (non-hydrogen) atoms. The summed E-state index contributed by atoms with van der Waals surface area (Å²) in [6.45, 7) is 7.08. The van der Waals surface area contributed by atoms with Crippen LogP contribution >= 0.6 is 24.0 Å². The fraction of sp³-hybridized carbons (Fsp3) is 0.632. The molecular formula is C19H32IN3O3. The monoisotopic (exact) mass is 477 g/mol. The standard InChI is InChI=1S/C19H31N3O3.HI/c1-15-6-4-5-7-17(15)25-16(2)12-21-18(20-3)22-13-19(8-10-23)9-11-24-14-19;/h4-7,16,23H,8-14H2,1-3H3,(H2,20,21,22);1H. The molecule has 2 unspecified atom stereocenters. The van der Waals surface area contributed by atoms with Gasteiger partial charge in [-0.1, -0.05) is 18.2 Å². The van der Waals surface area contributed by atoms with Gasteiger partial charge in [0.05, 0.1) is 13.2 Å². The quantitative estimate of drug-likeness (QED) is 0.305. The lowest BCUT2D eigenvalue weighted by molar-refractivity contribution is 0.127. The van der Waals surface area contributed by atoms with Gasteiger partial charge in [0.15, 0.2) is 5.96 Å². The zero-order valence-corrected chi connectivity index (χ0v) is 18.3. The van der Waals surface area contributed by atoms with Crippen molar-refractivity contribution >= 4 is 29.9 Å². The van der Waals surface area contributed by atoms with Crippen molar-refractivity contribution in [1.29, 1.82) is 0 Å². The molecule has 1 heterocycles. The van der Waals surface area contributed by atoms with E-state index in [1.165, 1.54) is 0 Å². The van der Waals surface area contributed by atoms with Gasteiger partial charge >= 0.3 is 0 Å². The highest BCUT2D eigenvalue weighted by Crippen LogP contribution is 2.31. The first-order valence-corrected chi connectivity index (χ1v) is 8.94. The Kier molecular flexibility index (Phi) is 10.3. The maximum absolute atomic E-state index is 9.31. The second kappa shape index (κ2) is 11.6. The van der Waals surface area contributed by atoms with Gasteiger partial charge in [-0.3, -0.25) is 4.99 Å². The second-order valence-corrected chi connectivity index (χ2v) is 6.78. The molecule has 1 aromatic carbocycles. The third kappa shape index (κ3) is 6.92. The number of ether oxygens (including phenoxy) is 2. The first-order chi connectivity index (χ1) is 12.1. The molecule has 0 aliphatic carbocycles. The Morgan fingerprint density at radius 2 is 2.15 bits per heavy atom. The fourth-order valence-electron chi connectivity index (χ4n) is 2.99. The molecule has 6 nitrogen and oxygen atoms in total. The summed E-state index contributed by atoms with van der Waals surface area (Å²) in [5.41, 5.74) is 1.12. The normalized spacial score (nSPS) is 21.0. The minimum Gasteiger partial charge on any atom is -0.489 e. The number of nitrogens with zero attached hydrogens (tertiary/aromatic N) is 1. The van der Waals surface area contributed by atoms with Crippen molar-refractivity contribution in [1.82, 2.24) is 10.6 Å². The SMILES string of the molecule is CN=C(NCC(C)Oc1ccccc1C)NCC1(CCO)CCOC1.I. The Bertz CT molecular complexity index is 563. The van der Waals surface area contributed by atoms with E-state index < -0.39 is 0 Å². The van der Waals surface area contributed by atoms with Gasteiger partial charge < -0.3 is 25.2 Å². The van der Waals surface area contributed by atoms with E-state index in [2.05, 4.69) is 15.6 Å². The van der Waals surface area contributed by atoms with E-state index in [9.17, 15) is 5.11 Å². The first kappa shape index (κ1) is 23.0. The third-order valence-corrected chi connectivity index (χ3v) is 4.66. The van der Waals surface area contributed by atoms with Gasteiger partial charge in [-0.2, -0.15) is 0 Å². The maximum atomic E-state index is 9.31. The molecule has 0 spiro atoms. The van der Waals surface area contributed by atoms with Crippen molar-refractivity contribution in [2.45, 2.75) is 32.8 Å². The summed E-state index contributed by atoms with van der Waals surface area (Å²) in [4.78, 5) is 4.27. The van der Waals surface area contributed by atoms with Crippen LogP contribution in [-0.4, -0.2) is 57.1 Å². The summed E-state index contributed by atoms with van der Waals surface area (Å²) in [7, 11) is 1.76. The molecule has 1 aromatic rings. The number of aliphatic imine (C=N–C) groups is 1. The highest BCUT2D eigenvalue weighted by Gasteiger charge is 2.34. The van der Waals surface area contributed by atoms with Crippen LogP contribution in [0, 0.1) is 12.3 Å². The zero-order valence-electron chi connectivity index (χ0n) is 16.0. The van der Waals surface area contributed by atoms with Crippen LogP contribution in [-0.2, 0) is 4.74 Å². The molecule has 1 aliphatic rings. The van der Waals surface area contributed by atoms with Gasteiger partial charge in [-0.15, -0.1) is 24.0 Å². The number of aliphatic hydroxyl groups excluding tert-OH is 1. The van der Waals surface area contributed by atoms with Crippen LogP contribution in [0.15, 0.2) is 29.3 Å². The molecule has 0 amide bonds. The number of aliphatic hydroxyl groups is 1. The van der Waals surface area contributed by atoms with Crippen molar-refractivity contribution in [3.05, 3.63) is 29.8 Å². The molecule has 0 radical (unpaired) electrons. The van der Waals surface area contributed by atoms with Crippen molar-refractivity contribution in [2.24, 2.45) is 10.4 Å². The molecule has 2 atom stereocenters. The number of hydrogen-bond donors (Lipinski definition) is 3. The fourth-order valence-corrected chi connectivity index (χ4v) is 2.99. The largest absolute Gasteiger partial charge is 0.489 e. The molecule has 3 N–H and O–H groups in total. The van der Waals surface area contributed by atoms with E-state index in [-0.39, 0.29) is 42.1 Å². The van der Waals surface area contributed by atoms with Crippen LogP contribution in [0.4, 0.5) is 0 Å². The third-order valence-electron chi connectivity index (χ3n) is 4.66. The Morgan fingerprint density at radius 3 is 2.77 bits per heavy atom. The van der Waals surface area contributed by atoms with Crippen LogP contribution in [0.1, 0.15) is 25.3 Å². The summed E-state index contributed by atoms with van der Waals surface area (Å²) in [6, 6.07) is 8.01. The summed E-state index contributed by atoms with van der Waals surface area (Å²) < 4.78 is 11.5. The summed E-state index contributed by atoms with van der Waals surface area (Å²) in [6.07, 6.45) is 1.72. The number of halogens is 1. The van der Waals surface area contributed by atoms with Crippen molar-refractivity contribution in [3.63, 3.8) is 0 Å². The van der Waals surface area contributed by atoms with Crippen LogP contribution in [0.3, 0.4) is 0 Å². The van der Waals surface area contributed by atoms with E-state index in [1.807, 2.05) is 38.1 Å². The average Bonchev–Trinajstić information content (AvgIpc) is 3.06. The topological polar surface area (TPSA) is 75.1 Å². The number of guanidine groups is 1. The van der Waals surface area contributed by atoms with Gasteiger partial charge in [0.2, 0.25) is 0 Å². The van der Waals surface area contributed by atoms with E-state index in [0.717, 1.165) is 43.3 Å². The van der Waals surface area contributed by atoms with Gasteiger partial charge in [-0.25, -0.2) is 0 Å². The molecule has 1 fully saturated rings. The minimum atomic E-state index is -0.00433. The molecule has 0 bridgehead atoms. The Morgan fingerprint density at radius 1 is 1.38 bits per heavy atom. The number of hydrogen-bond acceptors (Lipinski definition) is 4. The number of rotatable bonds is 8. The van der Waals surface area contributed by atoms with Crippen LogP contribution in [0.5, 0.6) is 5.75 Å². The van der Waals surface area contributed by atoms with Gasteiger partial charge in [0.25, 0.3) is 0 Å². The molecule has 1 saturated heterocycles. The van der Waals surface area contributed by atoms with E-state index in [4.69, 9.17) is 9.47 Å². The van der Waals surface area contributed by atoms with Gasteiger partial charge in [0, 0.05) is 32.2 Å². The summed E-state index contributed by atoms with van der Waals surface area (Å²) in [5, 5.41) is 16.0. The van der Waals surface area contributed by atoms with Gasteiger partial charge in [-0.05, 0) is 38.3 Å². The average molecular weight is 477 g/mol. The highest BCUT2D eigenvalue weighted by atomic mass is 127. The summed E-state index contributed by atoms with van der Waals surface area (Å²) in [5.74, 6) is 1.65. The molecule has 1 aliphatic heterocycles. The van der Waals surface area contributed by atoms with Crippen molar-refractivity contribution < 1.29 is 14.6 Å². The maximum Gasteiger partial charge on any atom is 0.191 e. The Hall–Kier alpha value is -1.06. The van der Waals surface area contributed by atoms with E-state index in [0.29, 0.717) is 13.2 Å². The molecule has 0 saturated carbocycles. The van der Waals surface area contributed by atoms with Crippen molar-refractivity contribution in [2.75, 3.05) is 40.0 Å². The first-order valence-electron chi connectivity index (χ1n) is 8.94. The van der Waals surface area contributed by atoms with Crippen molar-refractivity contribution in [3.8, 4) is 5.75 Å². The van der Waals surface area contributed by atoms with Crippen LogP contribution < -0.4 is 15.4 Å². The lowest BCUT2D eigenvalue weighted by Crippen LogP contribution is -2.46. The lowest BCUT2D eigenvalue weighted by Gasteiger charge is -2.28. The van der Waals surface area contributed by atoms with Crippen LogP contribution in [0.2, 0.25) is 0 Å². The lowest BCUT2D eigenvalue weighted by atomic mass is 9.84. The smallest absolute Gasteiger partial charge is 0.191 e. The number of nitrogens with one attached hydrogen (secondary N) is 2. The highest BCUT2D eigenvalue weighted by molar-refractivity contribution is 14.0. The second-order valence-electron chi connectivity index (χ2n) is 6.78. The predicted molar refractivity (Wildman–Crippen MR) is 116 cm³/mol.